The zero-order chi connectivity index (χ0) is 17.1. The van der Waals surface area contributed by atoms with Crippen molar-refractivity contribution in [1.29, 1.82) is 0 Å². The molecule has 1 aliphatic rings. The van der Waals surface area contributed by atoms with Crippen LogP contribution in [0.4, 0.5) is 14.9 Å². The molecule has 1 N–H and O–H groups in total. The third-order valence-electron chi connectivity index (χ3n) is 4.40. The zero-order valence-corrected chi connectivity index (χ0v) is 14.8. The molecule has 0 saturated heterocycles. The van der Waals surface area contributed by atoms with Crippen molar-refractivity contribution < 1.29 is 9.18 Å². The molecule has 0 spiro atoms. The molecule has 24 heavy (non-hydrogen) atoms. The summed E-state index contributed by atoms with van der Waals surface area (Å²) in [6.45, 7) is 1.20. The Bertz CT molecular complexity index is 702. The smallest absolute Gasteiger partial charge is 0.321 e. The first-order valence-corrected chi connectivity index (χ1v) is 9.03. The molecule has 0 saturated carbocycles. The fourth-order valence-electron chi connectivity index (χ4n) is 3.12. The predicted molar refractivity (Wildman–Crippen MR) is 96.2 cm³/mol. The number of hydrogen-bond donors (Lipinski definition) is 1. The number of anilines is 1. The van der Waals surface area contributed by atoms with Crippen LogP contribution in [-0.4, -0.2) is 38.1 Å². The Labute approximate surface area is 145 Å². The van der Waals surface area contributed by atoms with Gasteiger partial charge in [-0.3, -0.25) is 4.90 Å². The van der Waals surface area contributed by atoms with Gasteiger partial charge >= 0.3 is 6.03 Å². The molecule has 0 aliphatic carbocycles. The van der Waals surface area contributed by atoms with Gasteiger partial charge in [-0.1, -0.05) is 0 Å². The Kier molecular flexibility index (Phi) is 5.16. The van der Waals surface area contributed by atoms with Gasteiger partial charge in [-0.05, 0) is 73.1 Å². The van der Waals surface area contributed by atoms with Crippen molar-refractivity contribution in [1.82, 2.24) is 10.2 Å². The second kappa shape index (κ2) is 7.32. The molecule has 0 radical (unpaired) electrons. The molecule has 4 nitrogen and oxygen atoms in total. The lowest BCUT2D eigenvalue weighted by molar-refractivity contribution is 0.237. The van der Waals surface area contributed by atoms with Crippen molar-refractivity contribution in [3.63, 3.8) is 0 Å². The molecule has 0 bridgehead atoms. The van der Waals surface area contributed by atoms with Crippen LogP contribution in [0, 0.1) is 5.82 Å². The fraction of sp³-hybridized carbons (Fsp3) is 0.389. The van der Waals surface area contributed by atoms with Crippen LogP contribution < -0.4 is 10.2 Å². The Morgan fingerprint density at radius 1 is 1.42 bits per heavy atom. The predicted octanol–water partition coefficient (Wildman–Crippen LogP) is 3.65. The summed E-state index contributed by atoms with van der Waals surface area (Å²) in [6, 6.07) is 6.75. The quantitative estimate of drug-likeness (QED) is 0.916. The largest absolute Gasteiger partial charge is 0.336 e. The second-order valence-electron chi connectivity index (χ2n) is 6.25. The van der Waals surface area contributed by atoms with Crippen molar-refractivity contribution in [2.24, 2.45) is 0 Å². The molecular formula is C18H22FN3OS. The summed E-state index contributed by atoms with van der Waals surface area (Å²) in [5, 5.41) is 7.19. The molecule has 3 rings (SSSR count). The van der Waals surface area contributed by atoms with Gasteiger partial charge in [0.2, 0.25) is 0 Å². The molecule has 1 aromatic carbocycles. The van der Waals surface area contributed by atoms with E-state index >= 15 is 0 Å². The Morgan fingerprint density at radius 2 is 2.25 bits per heavy atom. The SMILES string of the molecule is CN(C)C(CNC(=O)N1CCCc2cc(F)ccc21)c1ccsc1. The molecule has 1 unspecified atom stereocenters. The van der Waals surface area contributed by atoms with E-state index < -0.39 is 0 Å². The van der Waals surface area contributed by atoms with Gasteiger partial charge in [0.1, 0.15) is 5.82 Å². The number of aryl methyl sites for hydroxylation is 1. The maximum absolute atomic E-state index is 13.4. The minimum Gasteiger partial charge on any atom is -0.336 e. The monoisotopic (exact) mass is 347 g/mol. The van der Waals surface area contributed by atoms with Crippen molar-refractivity contribution in [2.45, 2.75) is 18.9 Å². The lowest BCUT2D eigenvalue weighted by atomic mass is 10.0. The van der Waals surface area contributed by atoms with E-state index in [0.717, 1.165) is 24.1 Å². The molecule has 0 fully saturated rings. The molecule has 2 heterocycles. The fourth-order valence-corrected chi connectivity index (χ4v) is 3.83. The third-order valence-corrected chi connectivity index (χ3v) is 5.10. The van der Waals surface area contributed by atoms with E-state index in [-0.39, 0.29) is 17.9 Å². The Morgan fingerprint density at radius 3 is 2.96 bits per heavy atom. The first-order valence-electron chi connectivity index (χ1n) is 8.08. The average molecular weight is 347 g/mol. The maximum atomic E-state index is 13.4. The topological polar surface area (TPSA) is 35.6 Å². The normalized spacial score (nSPS) is 15.2. The number of carbonyl (C=O) groups excluding carboxylic acids is 1. The Hall–Kier alpha value is -1.92. The molecular weight excluding hydrogens is 325 g/mol. The highest BCUT2D eigenvalue weighted by Gasteiger charge is 2.24. The maximum Gasteiger partial charge on any atom is 0.321 e. The number of urea groups is 1. The first-order chi connectivity index (χ1) is 11.6. The number of benzene rings is 1. The summed E-state index contributed by atoms with van der Waals surface area (Å²) >= 11 is 1.65. The van der Waals surface area contributed by atoms with Crippen LogP contribution in [0.25, 0.3) is 0 Å². The highest BCUT2D eigenvalue weighted by atomic mass is 32.1. The number of nitrogens with one attached hydrogen (secondary N) is 1. The van der Waals surface area contributed by atoms with Crippen molar-refractivity contribution >= 4 is 23.1 Å². The van der Waals surface area contributed by atoms with Gasteiger partial charge in [-0.25, -0.2) is 9.18 Å². The van der Waals surface area contributed by atoms with Crippen LogP contribution in [0.1, 0.15) is 23.6 Å². The summed E-state index contributed by atoms with van der Waals surface area (Å²) in [7, 11) is 4.01. The van der Waals surface area contributed by atoms with Crippen molar-refractivity contribution in [3.05, 3.63) is 52.0 Å². The zero-order valence-electron chi connectivity index (χ0n) is 14.0. The van der Waals surface area contributed by atoms with Gasteiger partial charge in [0, 0.05) is 18.8 Å². The van der Waals surface area contributed by atoms with Gasteiger partial charge in [-0.15, -0.1) is 0 Å². The van der Waals surface area contributed by atoms with Crippen molar-refractivity contribution in [2.75, 3.05) is 32.1 Å². The number of nitrogens with zero attached hydrogens (tertiary/aromatic N) is 2. The van der Waals surface area contributed by atoms with Gasteiger partial charge in [0.25, 0.3) is 0 Å². The number of carbonyl (C=O) groups is 1. The summed E-state index contributed by atoms with van der Waals surface area (Å²) in [4.78, 5) is 16.5. The standard InChI is InChI=1S/C18H22FN3OS/c1-21(2)17(14-7-9-24-12-14)11-20-18(23)22-8-3-4-13-10-15(19)5-6-16(13)22/h5-7,9-10,12,17H,3-4,8,11H2,1-2H3,(H,20,23). The number of thiophene rings is 1. The second-order valence-corrected chi connectivity index (χ2v) is 7.03. The van der Waals surface area contributed by atoms with Gasteiger partial charge in [-0.2, -0.15) is 11.3 Å². The number of amides is 2. The van der Waals surface area contributed by atoms with Crippen LogP contribution in [0.5, 0.6) is 0 Å². The van der Waals surface area contributed by atoms with Crippen LogP contribution in [0.3, 0.4) is 0 Å². The molecule has 1 aromatic heterocycles. The van der Waals surface area contributed by atoms with E-state index in [1.165, 1.54) is 17.7 Å². The van der Waals surface area contributed by atoms with E-state index in [4.69, 9.17) is 0 Å². The summed E-state index contributed by atoms with van der Waals surface area (Å²) in [6.07, 6.45) is 1.66. The lowest BCUT2D eigenvalue weighted by Gasteiger charge is -2.31. The van der Waals surface area contributed by atoms with Crippen LogP contribution in [0.15, 0.2) is 35.0 Å². The lowest BCUT2D eigenvalue weighted by Crippen LogP contribution is -2.45. The third kappa shape index (κ3) is 3.60. The van der Waals surface area contributed by atoms with Crippen LogP contribution in [0.2, 0.25) is 0 Å². The average Bonchev–Trinajstić information content (AvgIpc) is 3.07. The van der Waals surface area contributed by atoms with Crippen molar-refractivity contribution in [3.8, 4) is 0 Å². The number of likely N-dealkylation sites (N-methyl/N-ethyl adjacent to an activating group) is 1. The highest BCUT2D eigenvalue weighted by molar-refractivity contribution is 7.07. The number of rotatable bonds is 4. The Balaban J connectivity index is 1.70. The van der Waals surface area contributed by atoms with E-state index in [9.17, 15) is 9.18 Å². The number of fused-ring (bicyclic) bond motifs is 1. The summed E-state index contributed by atoms with van der Waals surface area (Å²) in [5.41, 5.74) is 2.92. The molecule has 2 amide bonds. The minimum absolute atomic E-state index is 0.121. The minimum atomic E-state index is -0.249. The van der Waals surface area contributed by atoms with E-state index in [1.54, 1.807) is 22.3 Å². The van der Waals surface area contributed by atoms with Gasteiger partial charge < -0.3 is 10.2 Å². The van der Waals surface area contributed by atoms with E-state index in [1.807, 2.05) is 19.5 Å². The molecule has 2 aromatic rings. The van der Waals surface area contributed by atoms with Crippen LogP contribution >= 0.6 is 11.3 Å². The van der Waals surface area contributed by atoms with Gasteiger partial charge in [0.15, 0.2) is 0 Å². The highest BCUT2D eigenvalue weighted by Crippen LogP contribution is 2.28. The molecule has 6 heteroatoms. The van der Waals surface area contributed by atoms with E-state index in [2.05, 4.69) is 21.7 Å². The van der Waals surface area contributed by atoms with Crippen LogP contribution in [-0.2, 0) is 6.42 Å². The van der Waals surface area contributed by atoms with Gasteiger partial charge in [0.05, 0.1) is 6.04 Å². The number of halogens is 1. The first kappa shape index (κ1) is 16.9. The summed E-state index contributed by atoms with van der Waals surface area (Å²) < 4.78 is 13.4. The molecule has 128 valence electrons. The molecule has 1 atom stereocenters. The number of hydrogen-bond acceptors (Lipinski definition) is 3. The van der Waals surface area contributed by atoms with E-state index in [0.29, 0.717) is 13.1 Å². The molecule has 1 aliphatic heterocycles. The summed E-state index contributed by atoms with van der Waals surface area (Å²) in [5.74, 6) is -0.249.